The van der Waals surface area contributed by atoms with E-state index in [4.69, 9.17) is 16.3 Å². The monoisotopic (exact) mass is 589 g/mol. The highest BCUT2D eigenvalue weighted by atomic mass is 16.7. The molecule has 12 heteroatoms. The third-order valence-corrected chi connectivity index (χ3v) is 9.33. The minimum Gasteiger partial charge on any atom is -0.456 e. The third-order valence-electron chi connectivity index (χ3n) is 9.33. The van der Waals surface area contributed by atoms with Gasteiger partial charge in [0.2, 0.25) is 5.91 Å². The fourth-order valence-electron chi connectivity index (χ4n) is 7.31. The Balaban J connectivity index is 2.13. The van der Waals surface area contributed by atoms with Gasteiger partial charge in [0.25, 0.3) is 0 Å². The number of ether oxygens (including phenoxy) is 1. The highest BCUT2D eigenvalue weighted by Crippen LogP contribution is 2.63. The third kappa shape index (κ3) is 8.19. The Kier molecular flexibility index (Phi) is 12.7. The van der Waals surface area contributed by atoms with Gasteiger partial charge in [-0.05, 0) is 68.8 Å². The zero-order valence-corrected chi connectivity index (χ0v) is 25.5. The lowest BCUT2D eigenvalue weighted by molar-refractivity contribution is -0.154. The van der Waals surface area contributed by atoms with Gasteiger partial charge in [-0.25, -0.2) is 5.84 Å². The van der Waals surface area contributed by atoms with Crippen molar-refractivity contribution < 1.29 is 24.0 Å². The SMILES string of the molecule is C=C(/C=C\C)/C=C(\C)CC[C@]1(N)C(C)[C@@H](N=O)C[C@]2(C)C(C(=O)COC(=O)CN(N)C(=O)CCCON=O)[C@@H](C)CC21. The van der Waals surface area contributed by atoms with Crippen LogP contribution in [0, 0.1) is 38.9 Å². The minimum absolute atomic E-state index is 0.0419. The number of hydrogen-bond donors (Lipinski definition) is 2. The Morgan fingerprint density at radius 2 is 1.88 bits per heavy atom. The van der Waals surface area contributed by atoms with E-state index in [2.05, 4.69) is 21.9 Å². The van der Waals surface area contributed by atoms with Gasteiger partial charge in [-0.2, -0.15) is 4.91 Å². The zero-order valence-electron chi connectivity index (χ0n) is 25.5. The van der Waals surface area contributed by atoms with Crippen LogP contribution in [0.5, 0.6) is 0 Å². The summed E-state index contributed by atoms with van der Waals surface area (Å²) in [4.78, 5) is 64.2. The van der Waals surface area contributed by atoms with Gasteiger partial charge >= 0.3 is 5.97 Å². The number of ketones is 1. The second-order valence-corrected chi connectivity index (χ2v) is 12.3. The van der Waals surface area contributed by atoms with Crippen LogP contribution >= 0.6 is 0 Å². The maximum atomic E-state index is 13.6. The lowest BCUT2D eigenvalue weighted by Crippen LogP contribution is -2.64. The van der Waals surface area contributed by atoms with Gasteiger partial charge < -0.3 is 15.3 Å². The highest BCUT2D eigenvalue weighted by molar-refractivity contribution is 5.87. The number of fused-ring (bicyclic) bond motifs is 1. The molecule has 3 unspecified atom stereocenters. The van der Waals surface area contributed by atoms with Crippen molar-refractivity contribution in [3.05, 3.63) is 45.8 Å². The molecule has 0 saturated heterocycles. The van der Waals surface area contributed by atoms with Gasteiger partial charge in [0, 0.05) is 23.8 Å². The first-order valence-corrected chi connectivity index (χ1v) is 14.5. The summed E-state index contributed by atoms with van der Waals surface area (Å²) in [6.45, 7) is 13.0. The molecule has 42 heavy (non-hydrogen) atoms. The molecule has 0 aromatic heterocycles. The fraction of sp³-hybridized carbons (Fsp3) is 0.700. The first kappa shape index (κ1) is 34.9. The summed E-state index contributed by atoms with van der Waals surface area (Å²) in [5.74, 6) is 3.29. The zero-order chi connectivity index (χ0) is 31.7. The first-order valence-electron chi connectivity index (χ1n) is 14.5. The molecule has 1 amide bonds. The molecule has 12 nitrogen and oxygen atoms in total. The van der Waals surface area contributed by atoms with Crippen molar-refractivity contribution in [3.8, 4) is 0 Å². The van der Waals surface area contributed by atoms with Crippen molar-refractivity contribution in [2.45, 2.75) is 84.7 Å². The Labute approximate surface area is 248 Å². The number of carbonyl (C=O) groups excluding carboxylic acids is 3. The molecule has 2 aliphatic rings. The van der Waals surface area contributed by atoms with Crippen molar-refractivity contribution in [1.82, 2.24) is 5.01 Å². The number of nitrogens with zero attached hydrogens (tertiary/aromatic N) is 3. The van der Waals surface area contributed by atoms with Gasteiger partial charge in [0.05, 0.1) is 6.04 Å². The molecule has 0 heterocycles. The molecular formula is C30H47N5O7. The molecular weight excluding hydrogens is 542 g/mol. The van der Waals surface area contributed by atoms with Gasteiger partial charge in [0.1, 0.15) is 19.8 Å². The second kappa shape index (κ2) is 15.3. The molecule has 0 aromatic carbocycles. The number of Topliss-reactive ketones (excluding diaryl/α,β-unsaturated/α-hetero) is 1. The van der Waals surface area contributed by atoms with Crippen LogP contribution in [0.1, 0.15) is 73.1 Å². The lowest BCUT2D eigenvalue weighted by atomic mass is 9.52. The smallest absolute Gasteiger partial charge is 0.327 e. The summed E-state index contributed by atoms with van der Waals surface area (Å²) in [5, 5.41) is 6.40. The minimum atomic E-state index is -0.822. The van der Waals surface area contributed by atoms with E-state index in [0.717, 1.165) is 17.6 Å². The van der Waals surface area contributed by atoms with Gasteiger partial charge in [-0.15, -0.1) is 4.91 Å². The van der Waals surface area contributed by atoms with Crippen LogP contribution in [-0.4, -0.2) is 54.0 Å². The number of rotatable bonds is 16. The molecule has 0 spiro atoms. The van der Waals surface area contributed by atoms with E-state index >= 15 is 0 Å². The molecule has 2 aliphatic carbocycles. The van der Waals surface area contributed by atoms with Crippen LogP contribution in [0.15, 0.2) is 46.5 Å². The highest BCUT2D eigenvalue weighted by Gasteiger charge is 2.64. The van der Waals surface area contributed by atoms with Crippen LogP contribution < -0.4 is 11.6 Å². The van der Waals surface area contributed by atoms with E-state index in [1.54, 1.807) is 0 Å². The molecule has 0 bridgehead atoms. The number of carbonyl (C=O) groups is 3. The van der Waals surface area contributed by atoms with E-state index in [-0.39, 0.29) is 43.0 Å². The molecule has 0 aromatic rings. The molecule has 0 radical (unpaired) electrons. The molecule has 0 aliphatic heterocycles. The van der Waals surface area contributed by atoms with E-state index in [0.29, 0.717) is 24.3 Å². The average molecular weight is 590 g/mol. The van der Waals surface area contributed by atoms with Crippen molar-refractivity contribution >= 4 is 17.7 Å². The van der Waals surface area contributed by atoms with Crippen molar-refractivity contribution in [2.75, 3.05) is 19.8 Å². The number of hydrogen-bond acceptors (Lipinski definition) is 11. The van der Waals surface area contributed by atoms with Gasteiger partial charge in [-0.1, -0.05) is 56.3 Å². The van der Waals surface area contributed by atoms with E-state index < -0.39 is 47.9 Å². The Bertz CT molecular complexity index is 1090. The summed E-state index contributed by atoms with van der Waals surface area (Å²) in [6.07, 6.45) is 8.52. The molecule has 7 atom stereocenters. The van der Waals surface area contributed by atoms with Crippen LogP contribution in [0.4, 0.5) is 0 Å². The summed E-state index contributed by atoms with van der Waals surface area (Å²) in [5.41, 5.74) is 7.91. The normalized spacial score (nSPS) is 30.8. The number of nitrogens with two attached hydrogens (primary N) is 2. The van der Waals surface area contributed by atoms with Crippen LogP contribution in [0.25, 0.3) is 0 Å². The number of esters is 1. The summed E-state index contributed by atoms with van der Waals surface area (Å²) < 4.78 is 5.23. The largest absolute Gasteiger partial charge is 0.456 e. The van der Waals surface area contributed by atoms with Crippen LogP contribution in [0.3, 0.4) is 0 Å². The molecule has 234 valence electrons. The molecule has 4 N–H and O–H groups in total. The molecule has 2 saturated carbocycles. The summed E-state index contributed by atoms with van der Waals surface area (Å²) in [6, 6.07) is -0.550. The molecule has 2 rings (SSSR count). The standard InChI is InChI=1S/C30H47N5O7/c1-7-9-19(2)14-20(3)11-12-30(31)22(5)23(33-39)16-29(6)25(30)15-21(4)28(29)24(36)18-41-27(38)17-35(32)26(37)10-8-13-42-34-40/h7,9,14,21-23,25,28H,2,8,10-13,15-18,31-32H2,1,3-6H3/b9-7-,20-14+/t21-,22?,23-,25?,28?,29-,30-/m0/s1. The van der Waals surface area contributed by atoms with Gasteiger partial charge in [0.15, 0.2) is 11.1 Å². The quantitative estimate of drug-likeness (QED) is 0.0504. The predicted octanol–water partition coefficient (Wildman–Crippen LogP) is 4.29. The maximum absolute atomic E-state index is 13.6. The van der Waals surface area contributed by atoms with E-state index in [9.17, 15) is 24.2 Å². The molecule has 2 fully saturated rings. The van der Waals surface area contributed by atoms with Crippen LogP contribution in [0.2, 0.25) is 0 Å². The summed E-state index contributed by atoms with van der Waals surface area (Å²) >= 11 is 0. The topological polar surface area (TPSA) is 184 Å². The van der Waals surface area contributed by atoms with Crippen LogP contribution in [-0.2, 0) is 24.0 Å². The van der Waals surface area contributed by atoms with Crippen molar-refractivity contribution in [1.29, 1.82) is 0 Å². The number of amides is 1. The average Bonchev–Trinajstić information content (AvgIpc) is 3.21. The Hall–Kier alpha value is -3.25. The fourth-order valence-corrected chi connectivity index (χ4v) is 7.31. The number of hydrazine groups is 1. The second-order valence-electron chi connectivity index (χ2n) is 12.3. The number of allylic oxidation sites excluding steroid dienone is 5. The predicted molar refractivity (Wildman–Crippen MR) is 159 cm³/mol. The van der Waals surface area contributed by atoms with Crippen molar-refractivity contribution in [2.24, 2.45) is 51.2 Å². The Morgan fingerprint density at radius 1 is 1.19 bits per heavy atom. The number of nitroso groups, excluding NO2 is 1. The summed E-state index contributed by atoms with van der Waals surface area (Å²) in [7, 11) is 0. The maximum Gasteiger partial charge on any atom is 0.327 e. The van der Waals surface area contributed by atoms with Crippen molar-refractivity contribution in [3.63, 3.8) is 0 Å². The van der Waals surface area contributed by atoms with E-state index in [1.807, 2.05) is 52.8 Å². The first-order chi connectivity index (χ1) is 19.7. The van der Waals surface area contributed by atoms with E-state index in [1.165, 1.54) is 0 Å². The Morgan fingerprint density at radius 3 is 2.50 bits per heavy atom. The lowest BCUT2D eigenvalue weighted by Gasteiger charge is -2.55. The van der Waals surface area contributed by atoms with Gasteiger partial charge in [-0.3, -0.25) is 19.4 Å².